The van der Waals surface area contributed by atoms with E-state index in [4.69, 9.17) is 4.74 Å². The number of benzene rings is 1. The summed E-state index contributed by atoms with van der Waals surface area (Å²) < 4.78 is 18.2. The first kappa shape index (κ1) is 15.0. The highest BCUT2D eigenvalue weighted by Crippen LogP contribution is 2.33. The molecule has 0 aliphatic carbocycles. The molecule has 0 unspecified atom stereocenters. The highest BCUT2D eigenvalue weighted by Gasteiger charge is 2.31. The van der Waals surface area contributed by atoms with Crippen LogP contribution >= 0.6 is 0 Å². The van der Waals surface area contributed by atoms with Gasteiger partial charge in [0.1, 0.15) is 5.82 Å². The van der Waals surface area contributed by atoms with E-state index >= 15 is 0 Å². The van der Waals surface area contributed by atoms with Crippen LogP contribution in [0.3, 0.4) is 0 Å². The Labute approximate surface area is 131 Å². The van der Waals surface area contributed by atoms with Crippen molar-refractivity contribution < 1.29 is 18.7 Å². The maximum atomic E-state index is 13.3. The van der Waals surface area contributed by atoms with Gasteiger partial charge in [-0.1, -0.05) is 6.07 Å². The van der Waals surface area contributed by atoms with Gasteiger partial charge in [-0.25, -0.2) is 9.37 Å². The average molecular weight is 315 g/mol. The van der Waals surface area contributed by atoms with Crippen LogP contribution in [0.25, 0.3) is 0 Å². The van der Waals surface area contributed by atoms with Gasteiger partial charge in [0, 0.05) is 18.2 Å². The number of hydrogen-bond donors (Lipinski definition) is 2. The molecule has 0 radical (unpaired) electrons. The lowest BCUT2D eigenvalue weighted by Gasteiger charge is -2.24. The summed E-state index contributed by atoms with van der Waals surface area (Å²) in [6.45, 7) is 0. The number of methoxy groups -OCH3 is 1. The minimum Gasteiger partial charge on any atom is -0.481 e. The number of fused-ring (bicyclic) bond motifs is 1. The van der Waals surface area contributed by atoms with E-state index in [0.717, 1.165) is 0 Å². The van der Waals surface area contributed by atoms with E-state index in [1.54, 1.807) is 12.1 Å². The molecule has 1 aliphatic heterocycles. The first-order valence-electron chi connectivity index (χ1n) is 6.97. The fourth-order valence-corrected chi connectivity index (χ4v) is 2.48. The maximum absolute atomic E-state index is 13.3. The monoisotopic (exact) mass is 315 g/mol. The third kappa shape index (κ3) is 3.13. The zero-order valence-electron chi connectivity index (χ0n) is 12.3. The van der Waals surface area contributed by atoms with Crippen LogP contribution in [0.2, 0.25) is 0 Å². The van der Waals surface area contributed by atoms with E-state index in [-0.39, 0.29) is 18.2 Å². The van der Waals surface area contributed by atoms with Crippen molar-refractivity contribution in [3.05, 3.63) is 47.9 Å². The third-order valence-corrected chi connectivity index (χ3v) is 3.58. The largest absolute Gasteiger partial charge is 0.481 e. The van der Waals surface area contributed by atoms with Crippen molar-refractivity contribution in [3.8, 4) is 5.88 Å². The molecular weight excluding hydrogens is 301 g/mol. The van der Waals surface area contributed by atoms with E-state index in [1.807, 2.05) is 0 Å². The van der Waals surface area contributed by atoms with Gasteiger partial charge in [-0.3, -0.25) is 9.59 Å². The zero-order valence-corrected chi connectivity index (χ0v) is 12.3. The van der Waals surface area contributed by atoms with Crippen LogP contribution in [-0.4, -0.2) is 23.9 Å². The van der Waals surface area contributed by atoms with Gasteiger partial charge in [0.2, 0.25) is 17.7 Å². The summed E-state index contributed by atoms with van der Waals surface area (Å²) in [5.41, 5.74) is 1.41. The second kappa shape index (κ2) is 6.04. The number of nitrogens with one attached hydrogen (secondary N) is 2. The van der Waals surface area contributed by atoms with Crippen molar-refractivity contribution in [2.24, 2.45) is 0 Å². The summed E-state index contributed by atoms with van der Waals surface area (Å²) in [6.07, 6.45) is 1.47. The Morgan fingerprint density at radius 2 is 2.22 bits per heavy atom. The molecule has 118 valence electrons. The summed E-state index contributed by atoms with van der Waals surface area (Å²) in [6, 6.07) is 7.26. The summed E-state index contributed by atoms with van der Waals surface area (Å²) in [5.74, 6) is -1.39. The van der Waals surface area contributed by atoms with Crippen molar-refractivity contribution in [2.45, 2.75) is 12.3 Å². The van der Waals surface area contributed by atoms with Crippen LogP contribution in [0, 0.1) is 5.82 Å². The van der Waals surface area contributed by atoms with Gasteiger partial charge >= 0.3 is 0 Å². The Kier molecular flexibility index (Phi) is 3.92. The van der Waals surface area contributed by atoms with E-state index in [9.17, 15) is 14.0 Å². The molecule has 2 N–H and O–H groups in total. The highest BCUT2D eigenvalue weighted by atomic mass is 19.1. The first-order valence-corrected chi connectivity index (χ1v) is 6.97. The standard InChI is InChI=1S/C16H14FN3O3/c1-23-15-5-3-10(8-18-15)19-16(22)12-7-14(21)20-13-6-9(17)2-4-11(12)13/h2-6,8,12H,7H2,1H3,(H,19,22)(H,20,21)/t12-/m1/s1. The summed E-state index contributed by atoms with van der Waals surface area (Å²) in [5, 5.41) is 5.28. The zero-order chi connectivity index (χ0) is 16.4. The van der Waals surface area contributed by atoms with Crippen LogP contribution in [0.1, 0.15) is 17.9 Å². The number of aromatic nitrogens is 1. The smallest absolute Gasteiger partial charge is 0.232 e. The van der Waals surface area contributed by atoms with E-state index in [1.165, 1.54) is 31.5 Å². The molecule has 0 saturated carbocycles. The van der Waals surface area contributed by atoms with Gasteiger partial charge in [-0.15, -0.1) is 0 Å². The van der Waals surface area contributed by atoms with Crippen LogP contribution in [0.15, 0.2) is 36.5 Å². The Morgan fingerprint density at radius 1 is 1.39 bits per heavy atom. The number of halogens is 1. The second-order valence-electron chi connectivity index (χ2n) is 5.11. The van der Waals surface area contributed by atoms with Crippen molar-refractivity contribution in [1.29, 1.82) is 0 Å². The topological polar surface area (TPSA) is 80.3 Å². The molecule has 7 heteroatoms. The fourth-order valence-electron chi connectivity index (χ4n) is 2.48. The second-order valence-corrected chi connectivity index (χ2v) is 5.11. The molecule has 2 amide bonds. The number of amides is 2. The molecule has 1 atom stereocenters. The normalized spacial score (nSPS) is 16.3. The number of rotatable bonds is 3. The van der Waals surface area contributed by atoms with Crippen LogP contribution in [0.4, 0.5) is 15.8 Å². The lowest BCUT2D eigenvalue weighted by Crippen LogP contribution is -2.30. The number of ether oxygens (including phenoxy) is 1. The van der Waals surface area contributed by atoms with Crippen molar-refractivity contribution in [1.82, 2.24) is 4.98 Å². The van der Waals surface area contributed by atoms with Gasteiger partial charge in [0.05, 0.1) is 24.9 Å². The van der Waals surface area contributed by atoms with Crippen molar-refractivity contribution in [3.63, 3.8) is 0 Å². The SMILES string of the molecule is COc1ccc(NC(=O)[C@@H]2CC(=O)Nc3cc(F)ccc32)cn1. The Balaban J connectivity index is 1.83. The lowest BCUT2D eigenvalue weighted by atomic mass is 9.89. The van der Waals surface area contributed by atoms with Gasteiger partial charge < -0.3 is 15.4 Å². The van der Waals surface area contributed by atoms with Crippen molar-refractivity contribution in [2.75, 3.05) is 17.7 Å². The molecule has 3 rings (SSSR count). The molecule has 23 heavy (non-hydrogen) atoms. The Hall–Kier alpha value is -2.96. The maximum Gasteiger partial charge on any atom is 0.232 e. The van der Waals surface area contributed by atoms with E-state index in [0.29, 0.717) is 22.8 Å². The van der Waals surface area contributed by atoms with Gasteiger partial charge in [-0.2, -0.15) is 0 Å². The predicted molar refractivity (Wildman–Crippen MR) is 81.8 cm³/mol. The molecule has 2 aromatic rings. The van der Waals surface area contributed by atoms with Gasteiger partial charge in [0.15, 0.2) is 0 Å². The number of hydrogen-bond acceptors (Lipinski definition) is 4. The molecule has 0 fully saturated rings. The highest BCUT2D eigenvalue weighted by molar-refractivity contribution is 6.05. The number of carbonyl (C=O) groups is 2. The number of pyridine rings is 1. The van der Waals surface area contributed by atoms with Gasteiger partial charge in [0.25, 0.3) is 0 Å². The van der Waals surface area contributed by atoms with Crippen LogP contribution in [-0.2, 0) is 9.59 Å². The predicted octanol–water partition coefficient (Wildman–Crippen LogP) is 2.29. The summed E-state index contributed by atoms with van der Waals surface area (Å²) >= 11 is 0. The van der Waals surface area contributed by atoms with Crippen LogP contribution < -0.4 is 15.4 Å². The molecule has 6 nitrogen and oxygen atoms in total. The molecular formula is C16H14FN3O3. The minimum absolute atomic E-state index is 0.00799. The fraction of sp³-hybridized carbons (Fsp3) is 0.188. The average Bonchev–Trinajstić information content (AvgIpc) is 2.54. The Morgan fingerprint density at radius 3 is 2.91 bits per heavy atom. The lowest BCUT2D eigenvalue weighted by molar-refractivity contribution is -0.123. The van der Waals surface area contributed by atoms with Crippen LogP contribution in [0.5, 0.6) is 5.88 Å². The molecule has 0 bridgehead atoms. The molecule has 2 heterocycles. The number of anilines is 2. The third-order valence-electron chi connectivity index (χ3n) is 3.58. The minimum atomic E-state index is -0.679. The molecule has 0 spiro atoms. The molecule has 0 saturated heterocycles. The molecule has 1 aliphatic rings. The van der Waals surface area contributed by atoms with Crippen molar-refractivity contribution >= 4 is 23.2 Å². The summed E-state index contributed by atoms with van der Waals surface area (Å²) in [7, 11) is 1.50. The number of carbonyl (C=O) groups excluding carboxylic acids is 2. The Bertz CT molecular complexity index is 762. The molecule has 1 aromatic carbocycles. The summed E-state index contributed by atoms with van der Waals surface area (Å²) in [4.78, 5) is 28.2. The number of nitrogens with zero attached hydrogens (tertiary/aromatic N) is 1. The first-order chi connectivity index (χ1) is 11.1. The van der Waals surface area contributed by atoms with E-state index in [2.05, 4.69) is 15.6 Å². The molecule has 1 aromatic heterocycles. The van der Waals surface area contributed by atoms with Gasteiger partial charge in [-0.05, 0) is 23.8 Å². The van der Waals surface area contributed by atoms with E-state index < -0.39 is 11.7 Å². The quantitative estimate of drug-likeness (QED) is 0.910.